The lowest BCUT2D eigenvalue weighted by Crippen LogP contribution is -2.24. The lowest BCUT2D eigenvalue weighted by molar-refractivity contribution is -0.123. The van der Waals surface area contributed by atoms with Gasteiger partial charge < -0.3 is 9.47 Å². The standard InChI is InChI=1S/C20H18N2O3S/c23-20(22-21-12-17-10-11-26-15-17)14-25-19-8-6-18(7-9-19)24-13-16-4-2-1-3-5-16/h1-12,15H,13-14H2,(H,22,23)/b21-12+. The number of ether oxygens (including phenoxy) is 2. The van der Waals surface area contributed by atoms with Crippen molar-refractivity contribution in [3.63, 3.8) is 0 Å². The van der Waals surface area contributed by atoms with Crippen LogP contribution in [0.15, 0.2) is 76.5 Å². The molecule has 0 fully saturated rings. The van der Waals surface area contributed by atoms with Crippen LogP contribution in [0, 0.1) is 0 Å². The van der Waals surface area contributed by atoms with Crippen LogP contribution in [0.5, 0.6) is 11.5 Å². The summed E-state index contributed by atoms with van der Waals surface area (Å²) in [5.74, 6) is 1.01. The van der Waals surface area contributed by atoms with Crippen molar-refractivity contribution in [1.29, 1.82) is 0 Å². The Bertz CT molecular complexity index is 831. The fraction of sp³-hybridized carbons (Fsp3) is 0.100. The fourth-order valence-electron chi connectivity index (χ4n) is 2.08. The molecule has 0 radical (unpaired) electrons. The Morgan fingerprint density at radius 1 is 1.00 bits per heavy atom. The number of nitrogens with one attached hydrogen (secondary N) is 1. The van der Waals surface area contributed by atoms with Crippen molar-refractivity contribution < 1.29 is 14.3 Å². The maximum Gasteiger partial charge on any atom is 0.277 e. The van der Waals surface area contributed by atoms with Crippen molar-refractivity contribution in [2.45, 2.75) is 6.61 Å². The van der Waals surface area contributed by atoms with Crippen molar-refractivity contribution in [3.05, 3.63) is 82.6 Å². The summed E-state index contributed by atoms with van der Waals surface area (Å²) in [4.78, 5) is 11.7. The number of hydrazone groups is 1. The molecule has 1 heterocycles. The largest absolute Gasteiger partial charge is 0.489 e. The third kappa shape index (κ3) is 5.75. The highest BCUT2D eigenvalue weighted by Crippen LogP contribution is 2.18. The Morgan fingerprint density at radius 3 is 2.42 bits per heavy atom. The predicted molar refractivity (Wildman–Crippen MR) is 103 cm³/mol. The summed E-state index contributed by atoms with van der Waals surface area (Å²) >= 11 is 1.57. The van der Waals surface area contributed by atoms with Crippen LogP contribution in [0.25, 0.3) is 0 Å². The molecule has 1 aromatic heterocycles. The van der Waals surface area contributed by atoms with E-state index < -0.39 is 0 Å². The number of hydrogen-bond acceptors (Lipinski definition) is 5. The van der Waals surface area contributed by atoms with Crippen molar-refractivity contribution in [2.24, 2.45) is 5.10 Å². The highest BCUT2D eigenvalue weighted by molar-refractivity contribution is 7.08. The van der Waals surface area contributed by atoms with Gasteiger partial charge in [0.1, 0.15) is 18.1 Å². The molecule has 2 aromatic carbocycles. The molecule has 6 heteroatoms. The molecule has 26 heavy (non-hydrogen) atoms. The van der Waals surface area contributed by atoms with Gasteiger partial charge in [-0.25, -0.2) is 5.43 Å². The first-order valence-electron chi connectivity index (χ1n) is 8.03. The van der Waals surface area contributed by atoms with E-state index in [9.17, 15) is 4.79 Å². The zero-order valence-electron chi connectivity index (χ0n) is 14.0. The number of amides is 1. The number of carbonyl (C=O) groups excluding carboxylic acids is 1. The fourth-order valence-corrected chi connectivity index (χ4v) is 2.69. The van der Waals surface area contributed by atoms with Gasteiger partial charge in [-0.1, -0.05) is 30.3 Å². The van der Waals surface area contributed by atoms with Crippen LogP contribution in [-0.2, 0) is 11.4 Å². The Balaban J connectivity index is 1.40. The van der Waals surface area contributed by atoms with Crippen molar-refractivity contribution in [2.75, 3.05) is 6.61 Å². The topological polar surface area (TPSA) is 59.9 Å². The number of nitrogens with zero attached hydrogens (tertiary/aromatic N) is 1. The molecular weight excluding hydrogens is 348 g/mol. The van der Waals surface area contributed by atoms with E-state index in [1.54, 1.807) is 29.7 Å². The van der Waals surface area contributed by atoms with Crippen LogP contribution < -0.4 is 14.9 Å². The van der Waals surface area contributed by atoms with E-state index in [4.69, 9.17) is 9.47 Å². The molecule has 3 aromatic rings. The van der Waals surface area contributed by atoms with Crippen LogP contribution in [-0.4, -0.2) is 18.7 Å². The maximum absolute atomic E-state index is 11.7. The van der Waals surface area contributed by atoms with Crippen LogP contribution in [0.1, 0.15) is 11.1 Å². The summed E-state index contributed by atoms with van der Waals surface area (Å²) in [7, 11) is 0. The second-order valence-electron chi connectivity index (χ2n) is 5.38. The minimum Gasteiger partial charge on any atom is -0.489 e. The van der Waals surface area contributed by atoms with Crippen molar-refractivity contribution in [1.82, 2.24) is 5.43 Å². The number of rotatable bonds is 8. The summed E-state index contributed by atoms with van der Waals surface area (Å²) in [5, 5.41) is 7.76. The van der Waals surface area contributed by atoms with Gasteiger partial charge >= 0.3 is 0 Å². The molecule has 3 rings (SSSR count). The van der Waals surface area contributed by atoms with Gasteiger partial charge in [0.25, 0.3) is 5.91 Å². The van der Waals surface area contributed by atoms with Gasteiger partial charge in [-0.3, -0.25) is 4.79 Å². The summed E-state index contributed by atoms with van der Waals surface area (Å²) in [6.07, 6.45) is 1.59. The molecule has 0 spiro atoms. The van der Waals surface area contributed by atoms with Gasteiger partial charge in [0.2, 0.25) is 0 Å². The number of benzene rings is 2. The lowest BCUT2D eigenvalue weighted by Gasteiger charge is -2.08. The van der Waals surface area contributed by atoms with E-state index in [-0.39, 0.29) is 12.5 Å². The smallest absolute Gasteiger partial charge is 0.277 e. The molecule has 0 saturated heterocycles. The van der Waals surface area contributed by atoms with Crippen LogP contribution in [0.2, 0.25) is 0 Å². The third-order valence-corrected chi connectivity index (χ3v) is 4.09. The third-order valence-electron chi connectivity index (χ3n) is 3.39. The number of carbonyl (C=O) groups is 1. The molecule has 5 nitrogen and oxygen atoms in total. The van der Waals surface area contributed by atoms with E-state index in [1.807, 2.05) is 59.3 Å². The molecule has 1 N–H and O–H groups in total. The molecule has 0 aliphatic heterocycles. The van der Waals surface area contributed by atoms with E-state index in [1.165, 1.54) is 0 Å². The van der Waals surface area contributed by atoms with E-state index in [0.717, 1.165) is 16.9 Å². The molecule has 0 bridgehead atoms. The molecule has 132 valence electrons. The minimum atomic E-state index is -0.319. The Morgan fingerprint density at radius 2 is 1.73 bits per heavy atom. The summed E-state index contributed by atoms with van der Waals surface area (Å²) < 4.78 is 11.1. The average Bonchev–Trinajstić information content (AvgIpc) is 3.20. The molecule has 0 aliphatic rings. The van der Waals surface area contributed by atoms with Crippen molar-refractivity contribution in [3.8, 4) is 11.5 Å². The summed E-state index contributed by atoms with van der Waals surface area (Å²) in [5.41, 5.74) is 4.48. The Labute approximate surface area is 155 Å². The highest BCUT2D eigenvalue weighted by atomic mass is 32.1. The minimum absolute atomic E-state index is 0.106. The summed E-state index contributed by atoms with van der Waals surface area (Å²) in [6, 6.07) is 19.0. The monoisotopic (exact) mass is 366 g/mol. The van der Waals surface area contributed by atoms with Crippen LogP contribution >= 0.6 is 11.3 Å². The zero-order valence-corrected chi connectivity index (χ0v) is 14.8. The number of thiophene rings is 1. The van der Waals surface area contributed by atoms with Gasteiger partial charge in [0.05, 0.1) is 6.21 Å². The van der Waals surface area contributed by atoms with E-state index >= 15 is 0 Å². The lowest BCUT2D eigenvalue weighted by atomic mass is 10.2. The molecular formula is C20H18N2O3S. The molecule has 0 aliphatic carbocycles. The molecule has 0 unspecified atom stereocenters. The van der Waals surface area contributed by atoms with E-state index in [2.05, 4.69) is 10.5 Å². The van der Waals surface area contributed by atoms with Gasteiger partial charge in [-0.05, 0) is 46.7 Å². The normalized spacial score (nSPS) is 10.6. The van der Waals surface area contributed by atoms with Crippen molar-refractivity contribution >= 4 is 23.5 Å². The maximum atomic E-state index is 11.7. The Kier molecular flexibility index (Phi) is 6.39. The first-order chi connectivity index (χ1) is 12.8. The molecule has 0 saturated carbocycles. The predicted octanol–water partition coefficient (Wildman–Crippen LogP) is 3.86. The molecule has 0 atom stereocenters. The zero-order chi connectivity index (χ0) is 18.0. The first-order valence-corrected chi connectivity index (χ1v) is 8.97. The molecule has 1 amide bonds. The van der Waals surface area contributed by atoms with Crippen LogP contribution in [0.4, 0.5) is 0 Å². The van der Waals surface area contributed by atoms with Gasteiger partial charge in [0.15, 0.2) is 6.61 Å². The van der Waals surface area contributed by atoms with Gasteiger partial charge in [-0.15, -0.1) is 0 Å². The van der Waals surface area contributed by atoms with E-state index in [0.29, 0.717) is 12.4 Å². The number of hydrogen-bond donors (Lipinski definition) is 1. The first kappa shape index (κ1) is 17.7. The van der Waals surface area contributed by atoms with Crippen LogP contribution in [0.3, 0.4) is 0 Å². The average molecular weight is 366 g/mol. The second kappa shape index (κ2) is 9.39. The highest BCUT2D eigenvalue weighted by Gasteiger charge is 2.02. The van der Waals surface area contributed by atoms with Gasteiger partial charge in [-0.2, -0.15) is 16.4 Å². The summed E-state index contributed by atoms with van der Waals surface area (Å²) in [6.45, 7) is 0.400. The van der Waals surface area contributed by atoms with Gasteiger partial charge in [0, 0.05) is 5.56 Å². The quantitative estimate of drug-likeness (QED) is 0.486. The SMILES string of the molecule is O=C(COc1ccc(OCc2ccccc2)cc1)N/N=C/c1ccsc1. The Hall–Kier alpha value is -3.12. The second-order valence-corrected chi connectivity index (χ2v) is 6.16.